The Labute approximate surface area is 182 Å². The molecule has 2 amide bonds. The summed E-state index contributed by atoms with van der Waals surface area (Å²) in [4.78, 5) is 33.0. The van der Waals surface area contributed by atoms with Crippen molar-refractivity contribution in [2.24, 2.45) is 0 Å². The Kier molecular flexibility index (Phi) is 7.10. The van der Waals surface area contributed by atoms with Crippen molar-refractivity contribution in [2.75, 3.05) is 29.9 Å². The number of carbonyl (C=O) groups is 2. The number of nitrogens with one attached hydrogen (secondary N) is 2. The van der Waals surface area contributed by atoms with Gasteiger partial charge in [-0.05, 0) is 44.5 Å². The summed E-state index contributed by atoms with van der Waals surface area (Å²) in [7, 11) is 0. The summed E-state index contributed by atoms with van der Waals surface area (Å²) in [6.07, 6.45) is 0.848. The summed E-state index contributed by atoms with van der Waals surface area (Å²) >= 11 is 9.19. The van der Waals surface area contributed by atoms with Crippen molar-refractivity contribution >= 4 is 66.4 Å². The number of hydrogen-bond acceptors (Lipinski definition) is 6. The molecule has 154 valence electrons. The second-order valence-electron chi connectivity index (χ2n) is 6.35. The molecule has 0 radical (unpaired) electrons. The number of thiophene rings is 1. The molecule has 0 atom stereocenters. The summed E-state index contributed by atoms with van der Waals surface area (Å²) < 4.78 is 1.00. The number of amides is 2. The number of thiazole rings is 1. The lowest BCUT2D eigenvalue weighted by atomic mass is 10.2. The molecular weight excluding hydrogens is 428 g/mol. The molecule has 1 aromatic carbocycles. The Morgan fingerprint density at radius 2 is 1.86 bits per heavy atom. The number of benzene rings is 1. The Bertz CT molecular complexity index is 995. The highest BCUT2D eigenvalue weighted by Gasteiger charge is 2.17. The van der Waals surface area contributed by atoms with Crippen LogP contribution in [0, 0.1) is 0 Å². The average molecular weight is 451 g/mol. The van der Waals surface area contributed by atoms with Crippen LogP contribution in [0.15, 0.2) is 24.3 Å². The SMILES string of the molecule is CCCNC(=O)c1ccc(NC(=O)c2cc3sc(N(CC)CC)nc3s2)cc1Cl. The third-order valence-electron chi connectivity index (χ3n) is 4.34. The van der Waals surface area contributed by atoms with E-state index in [1.165, 1.54) is 11.3 Å². The standard InChI is InChI=1S/C20H23ClN4O2S2/c1-4-9-22-17(26)13-8-7-12(10-14(13)21)23-18(27)15-11-16-19(28-15)24-20(29-16)25(5-2)6-3/h7-8,10-11H,4-6,9H2,1-3H3,(H,22,26)(H,23,27). The van der Waals surface area contributed by atoms with E-state index in [2.05, 4.69) is 34.4 Å². The van der Waals surface area contributed by atoms with Crippen molar-refractivity contribution in [3.63, 3.8) is 0 Å². The molecule has 0 saturated carbocycles. The van der Waals surface area contributed by atoms with E-state index in [0.717, 1.165) is 34.2 Å². The maximum atomic E-state index is 12.6. The summed E-state index contributed by atoms with van der Waals surface area (Å²) in [6, 6.07) is 6.76. The van der Waals surface area contributed by atoms with Crippen molar-refractivity contribution in [3.05, 3.63) is 39.7 Å². The second-order valence-corrected chi connectivity index (χ2v) is 8.80. The van der Waals surface area contributed by atoms with Crippen LogP contribution in [0.3, 0.4) is 0 Å². The number of hydrogen-bond donors (Lipinski definition) is 2. The van der Waals surface area contributed by atoms with Crippen molar-refractivity contribution in [2.45, 2.75) is 27.2 Å². The van der Waals surface area contributed by atoms with Gasteiger partial charge in [-0.15, -0.1) is 11.3 Å². The topological polar surface area (TPSA) is 74.3 Å². The molecule has 6 nitrogen and oxygen atoms in total. The summed E-state index contributed by atoms with van der Waals surface area (Å²) in [5.74, 6) is -0.438. The van der Waals surface area contributed by atoms with E-state index in [9.17, 15) is 9.59 Å². The lowest BCUT2D eigenvalue weighted by molar-refractivity contribution is 0.0953. The lowest BCUT2D eigenvalue weighted by Gasteiger charge is -2.16. The zero-order valence-corrected chi connectivity index (χ0v) is 18.9. The van der Waals surface area contributed by atoms with E-state index in [1.54, 1.807) is 29.5 Å². The molecule has 0 fully saturated rings. The van der Waals surface area contributed by atoms with E-state index in [-0.39, 0.29) is 11.8 Å². The van der Waals surface area contributed by atoms with E-state index in [0.29, 0.717) is 27.7 Å². The summed E-state index contributed by atoms with van der Waals surface area (Å²) in [5, 5.41) is 6.91. The van der Waals surface area contributed by atoms with Gasteiger partial charge in [0.25, 0.3) is 11.8 Å². The quantitative estimate of drug-likeness (QED) is 0.491. The van der Waals surface area contributed by atoms with Crippen LogP contribution in [0.2, 0.25) is 5.02 Å². The van der Waals surface area contributed by atoms with Crippen LogP contribution in [0.25, 0.3) is 9.53 Å². The first-order valence-corrected chi connectivity index (χ1v) is 11.5. The van der Waals surface area contributed by atoms with Crippen molar-refractivity contribution in [1.82, 2.24) is 10.3 Å². The molecule has 0 spiro atoms. The maximum absolute atomic E-state index is 12.6. The fourth-order valence-corrected chi connectivity index (χ4v) is 5.27. The Morgan fingerprint density at radius 1 is 1.10 bits per heavy atom. The minimum atomic E-state index is -0.219. The van der Waals surface area contributed by atoms with E-state index in [4.69, 9.17) is 11.6 Å². The van der Waals surface area contributed by atoms with E-state index < -0.39 is 0 Å². The Morgan fingerprint density at radius 3 is 2.48 bits per heavy atom. The molecule has 0 bridgehead atoms. The summed E-state index contributed by atoms with van der Waals surface area (Å²) in [5.41, 5.74) is 0.934. The van der Waals surface area contributed by atoms with Gasteiger partial charge in [0.2, 0.25) is 0 Å². The van der Waals surface area contributed by atoms with Crippen LogP contribution in [-0.4, -0.2) is 36.4 Å². The van der Waals surface area contributed by atoms with Crippen molar-refractivity contribution < 1.29 is 9.59 Å². The van der Waals surface area contributed by atoms with E-state index >= 15 is 0 Å². The minimum absolute atomic E-state index is 0.219. The van der Waals surface area contributed by atoms with Crippen LogP contribution in [0.1, 0.15) is 47.2 Å². The molecule has 9 heteroatoms. The van der Waals surface area contributed by atoms with Gasteiger partial charge in [-0.3, -0.25) is 9.59 Å². The number of fused-ring (bicyclic) bond motifs is 1. The third-order valence-corrected chi connectivity index (χ3v) is 6.88. The predicted octanol–water partition coefficient (Wildman–Crippen LogP) is 5.25. The van der Waals surface area contributed by atoms with Gasteiger partial charge in [0.15, 0.2) is 5.13 Å². The first-order valence-electron chi connectivity index (χ1n) is 9.51. The van der Waals surface area contributed by atoms with Gasteiger partial charge >= 0.3 is 0 Å². The smallest absolute Gasteiger partial charge is 0.265 e. The molecule has 2 N–H and O–H groups in total. The first kappa shape index (κ1) is 21.5. The Hall–Kier alpha value is -2.16. The molecule has 3 aromatic rings. The molecule has 29 heavy (non-hydrogen) atoms. The molecular formula is C20H23ClN4O2S2. The zero-order chi connectivity index (χ0) is 21.0. The van der Waals surface area contributed by atoms with Crippen molar-refractivity contribution in [1.29, 1.82) is 0 Å². The fourth-order valence-electron chi connectivity index (χ4n) is 2.77. The normalized spacial score (nSPS) is 10.9. The second kappa shape index (κ2) is 9.56. The molecule has 0 saturated heterocycles. The predicted molar refractivity (Wildman–Crippen MR) is 123 cm³/mol. The molecule has 2 aromatic heterocycles. The van der Waals surface area contributed by atoms with Gasteiger partial charge in [-0.25, -0.2) is 4.98 Å². The van der Waals surface area contributed by atoms with Gasteiger partial charge in [0, 0.05) is 25.3 Å². The van der Waals surface area contributed by atoms with E-state index in [1.807, 2.05) is 13.0 Å². The fraction of sp³-hybridized carbons (Fsp3) is 0.350. The highest BCUT2D eigenvalue weighted by atomic mass is 35.5. The monoisotopic (exact) mass is 450 g/mol. The number of halogens is 1. The molecule has 2 heterocycles. The largest absolute Gasteiger partial charge is 0.352 e. The highest BCUT2D eigenvalue weighted by molar-refractivity contribution is 7.29. The zero-order valence-electron chi connectivity index (χ0n) is 16.5. The number of carbonyl (C=O) groups excluding carboxylic acids is 2. The Balaban J connectivity index is 1.72. The number of nitrogens with zero attached hydrogens (tertiary/aromatic N) is 2. The highest BCUT2D eigenvalue weighted by Crippen LogP contribution is 2.35. The first-order chi connectivity index (χ1) is 14.0. The number of anilines is 2. The van der Waals surface area contributed by atoms with Gasteiger partial charge in [-0.2, -0.15) is 0 Å². The maximum Gasteiger partial charge on any atom is 0.265 e. The molecule has 3 rings (SSSR count). The number of rotatable bonds is 8. The molecule has 0 aliphatic carbocycles. The third kappa shape index (κ3) is 4.88. The average Bonchev–Trinajstić information content (AvgIpc) is 3.26. The van der Waals surface area contributed by atoms with Crippen LogP contribution in [-0.2, 0) is 0 Å². The molecule has 0 aliphatic heterocycles. The van der Waals surface area contributed by atoms with Gasteiger partial charge in [0.1, 0.15) is 4.83 Å². The molecule has 0 unspecified atom stereocenters. The van der Waals surface area contributed by atoms with Gasteiger partial charge in [-0.1, -0.05) is 29.9 Å². The van der Waals surface area contributed by atoms with Crippen LogP contribution in [0.5, 0.6) is 0 Å². The van der Waals surface area contributed by atoms with Gasteiger partial charge in [0.05, 0.1) is 20.2 Å². The van der Waals surface area contributed by atoms with Crippen LogP contribution >= 0.6 is 34.3 Å². The van der Waals surface area contributed by atoms with Crippen LogP contribution in [0.4, 0.5) is 10.8 Å². The summed E-state index contributed by atoms with van der Waals surface area (Å²) in [6.45, 7) is 8.57. The van der Waals surface area contributed by atoms with Gasteiger partial charge < -0.3 is 15.5 Å². The lowest BCUT2D eigenvalue weighted by Crippen LogP contribution is -2.24. The number of aromatic nitrogens is 1. The van der Waals surface area contributed by atoms with Crippen LogP contribution < -0.4 is 15.5 Å². The molecule has 0 aliphatic rings. The minimum Gasteiger partial charge on any atom is -0.352 e. The van der Waals surface area contributed by atoms with Crippen molar-refractivity contribution in [3.8, 4) is 0 Å².